The molecule has 162 valence electrons. The molecule has 6 heteroatoms. The molecule has 0 saturated carbocycles. The summed E-state index contributed by atoms with van der Waals surface area (Å²) in [5, 5.41) is 4.07. The molecule has 0 radical (unpaired) electrons. The van der Waals surface area contributed by atoms with Gasteiger partial charge in [-0.2, -0.15) is 0 Å². The average Bonchev–Trinajstić information content (AvgIpc) is 3.29. The molecule has 6 nitrogen and oxygen atoms in total. The van der Waals surface area contributed by atoms with Crippen LogP contribution in [0.5, 0.6) is 0 Å². The lowest BCUT2D eigenvalue weighted by Gasteiger charge is -2.18. The van der Waals surface area contributed by atoms with Crippen LogP contribution in [0.2, 0.25) is 0 Å². The largest absolute Gasteiger partial charge is 0.361 e. The van der Waals surface area contributed by atoms with E-state index in [1.165, 1.54) is 0 Å². The van der Waals surface area contributed by atoms with Gasteiger partial charge in [-0.05, 0) is 41.5 Å². The Kier molecular flexibility index (Phi) is 5.55. The Hall–Kier alpha value is -4.45. The fourth-order valence-corrected chi connectivity index (χ4v) is 4.09. The Morgan fingerprint density at radius 2 is 1.70 bits per heavy atom. The molecule has 0 fully saturated rings. The molecular weight excluding hydrogens is 412 g/mol. The van der Waals surface area contributed by atoms with E-state index in [2.05, 4.69) is 26.3 Å². The summed E-state index contributed by atoms with van der Waals surface area (Å²) < 4.78 is 0. The van der Waals surface area contributed by atoms with Gasteiger partial charge in [-0.15, -0.1) is 0 Å². The van der Waals surface area contributed by atoms with E-state index >= 15 is 0 Å². The van der Waals surface area contributed by atoms with Crippen molar-refractivity contribution in [1.29, 1.82) is 0 Å². The van der Waals surface area contributed by atoms with Gasteiger partial charge in [0.05, 0.1) is 11.4 Å². The number of benzene rings is 2. The molecule has 0 bridgehead atoms. The first-order valence-electron chi connectivity index (χ1n) is 10.7. The highest BCUT2D eigenvalue weighted by atomic mass is 16.2. The van der Waals surface area contributed by atoms with E-state index in [0.717, 1.165) is 22.0 Å². The molecule has 0 aliphatic rings. The number of hydrogen-bond donors (Lipinski definition) is 3. The van der Waals surface area contributed by atoms with Crippen LogP contribution in [-0.4, -0.2) is 27.4 Å². The number of para-hydroxylation sites is 1. The lowest BCUT2D eigenvalue weighted by molar-refractivity contribution is 0.0951. The highest BCUT2D eigenvalue weighted by Gasteiger charge is 2.20. The quantitative estimate of drug-likeness (QED) is 0.368. The SMILES string of the molecule is O=C(NC[C@@H](c1ccccc1)c1c[nH]c2ccccc12)c1ccc(-c2ccccn2)[nH]c1=O. The number of carbonyl (C=O) groups is 1. The second-order valence-electron chi connectivity index (χ2n) is 7.79. The van der Waals surface area contributed by atoms with E-state index in [1.807, 2.05) is 60.8 Å². The number of pyridine rings is 2. The molecule has 3 N–H and O–H groups in total. The Balaban J connectivity index is 1.41. The van der Waals surface area contributed by atoms with Crippen LogP contribution in [0, 0.1) is 0 Å². The number of carbonyl (C=O) groups excluding carboxylic acids is 1. The fourth-order valence-electron chi connectivity index (χ4n) is 4.09. The monoisotopic (exact) mass is 434 g/mol. The predicted octanol–water partition coefficient (Wildman–Crippen LogP) is 4.48. The molecule has 3 heterocycles. The highest BCUT2D eigenvalue weighted by Crippen LogP contribution is 2.30. The zero-order chi connectivity index (χ0) is 22.6. The van der Waals surface area contributed by atoms with Gasteiger partial charge < -0.3 is 15.3 Å². The number of hydrogen-bond acceptors (Lipinski definition) is 3. The van der Waals surface area contributed by atoms with E-state index in [9.17, 15) is 9.59 Å². The second kappa shape index (κ2) is 8.96. The molecular formula is C27H22N4O2. The van der Waals surface area contributed by atoms with Crippen LogP contribution in [0.3, 0.4) is 0 Å². The molecule has 0 aliphatic heterocycles. The molecule has 1 atom stereocenters. The normalized spacial score (nSPS) is 11.9. The molecule has 1 amide bonds. The van der Waals surface area contributed by atoms with Crippen molar-refractivity contribution in [3.8, 4) is 11.4 Å². The summed E-state index contributed by atoms with van der Waals surface area (Å²) in [5.41, 5.74) is 4.06. The van der Waals surface area contributed by atoms with Gasteiger partial charge in [0.15, 0.2) is 0 Å². The van der Waals surface area contributed by atoms with Crippen molar-refractivity contribution in [2.45, 2.75) is 5.92 Å². The lowest BCUT2D eigenvalue weighted by Crippen LogP contribution is -2.33. The van der Waals surface area contributed by atoms with Gasteiger partial charge in [-0.1, -0.05) is 54.6 Å². The molecule has 0 saturated heterocycles. The zero-order valence-electron chi connectivity index (χ0n) is 17.8. The van der Waals surface area contributed by atoms with Gasteiger partial charge in [0, 0.05) is 35.8 Å². The van der Waals surface area contributed by atoms with Gasteiger partial charge >= 0.3 is 0 Å². The lowest BCUT2D eigenvalue weighted by atomic mass is 9.91. The number of fused-ring (bicyclic) bond motifs is 1. The topological polar surface area (TPSA) is 90.6 Å². The number of rotatable bonds is 6. The maximum absolute atomic E-state index is 12.9. The smallest absolute Gasteiger partial charge is 0.261 e. The minimum Gasteiger partial charge on any atom is -0.361 e. The summed E-state index contributed by atoms with van der Waals surface area (Å²) in [6.07, 6.45) is 3.64. The molecule has 5 aromatic rings. The summed E-state index contributed by atoms with van der Waals surface area (Å²) in [5.74, 6) is -0.484. The Bertz CT molecular complexity index is 1460. The standard InChI is InChI=1S/C27H22N4O2/c32-26(20-13-14-25(31-27(20)33)24-12-6-7-15-28-24)30-16-21(18-8-2-1-3-9-18)22-17-29-23-11-5-4-10-19(22)23/h1-15,17,21,29H,16H2,(H,30,32)(H,31,33)/t21-/m0/s1. The number of aromatic nitrogens is 3. The second-order valence-corrected chi connectivity index (χ2v) is 7.79. The van der Waals surface area contributed by atoms with Crippen LogP contribution in [0.1, 0.15) is 27.4 Å². The van der Waals surface area contributed by atoms with Crippen molar-refractivity contribution in [3.05, 3.63) is 124 Å². The summed E-state index contributed by atoms with van der Waals surface area (Å²) in [7, 11) is 0. The van der Waals surface area contributed by atoms with Crippen molar-refractivity contribution in [2.24, 2.45) is 0 Å². The van der Waals surface area contributed by atoms with Gasteiger partial charge in [0.2, 0.25) is 0 Å². The van der Waals surface area contributed by atoms with Crippen molar-refractivity contribution in [2.75, 3.05) is 6.54 Å². The Morgan fingerprint density at radius 1 is 0.909 bits per heavy atom. The molecule has 5 rings (SSSR count). The Morgan fingerprint density at radius 3 is 2.48 bits per heavy atom. The van der Waals surface area contributed by atoms with E-state index in [1.54, 1.807) is 30.5 Å². The summed E-state index contributed by atoms with van der Waals surface area (Å²) in [6, 6.07) is 26.8. The van der Waals surface area contributed by atoms with Crippen molar-refractivity contribution >= 4 is 16.8 Å². The zero-order valence-corrected chi connectivity index (χ0v) is 17.8. The number of aromatic amines is 2. The fraction of sp³-hybridized carbons (Fsp3) is 0.0741. The van der Waals surface area contributed by atoms with Crippen molar-refractivity contribution in [1.82, 2.24) is 20.3 Å². The van der Waals surface area contributed by atoms with E-state index < -0.39 is 11.5 Å². The molecule has 0 spiro atoms. The van der Waals surface area contributed by atoms with E-state index in [0.29, 0.717) is 17.9 Å². The predicted molar refractivity (Wildman–Crippen MR) is 129 cm³/mol. The molecule has 33 heavy (non-hydrogen) atoms. The van der Waals surface area contributed by atoms with Gasteiger partial charge in [0.25, 0.3) is 11.5 Å². The van der Waals surface area contributed by atoms with Crippen LogP contribution < -0.4 is 10.9 Å². The molecule has 3 aromatic heterocycles. The molecule has 0 unspecified atom stereocenters. The molecule has 0 aliphatic carbocycles. The average molecular weight is 434 g/mol. The van der Waals surface area contributed by atoms with Gasteiger partial charge in [0.1, 0.15) is 5.56 Å². The Labute approximate surface area is 190 Å². The maximum Gasteiger partial charge on any atom is 0.261 e. The third-order valence-corrected chi connectivity index (χ3v) is 5.76. The van der Waals surface area contributed by atoms with Crippen molar-refractivity contribution < 1.29 is 4.79 Å². The minimum absolute atomic E-state index is 0.0698. The van der Waals surface area contributed by atoms with Crippen LogP contribution in [0.4, 0.5) is 0 Å². The number of nitrogens with one attached hydrogen (secondary N) is 3. The first kappa shape index (κ1) is 20.5. The van der Waals surface area contributed by atoms with E-state index in [4.69, 9.17) is 0 Å². The van der Waals surface area contributed by atoms with Crippen LogP contribution >= 0.6 is 0 Å². The van der Waals surface area contributed by atoms with Gasteiger partial charge in [-0.25, -0.2) is 0 Å². The van der Waals surface area contributed by atoms with Crippen LogP contribution in [0.25, 0.3) is 22.3 Å². The highest BCUT2D eigenvalue weighted by molar-refractivity contribution is 5.94. The number of H-pyrrole nitrogens is 2. The first-order valence-corrected chi connectivity index (χ1v) is 10.7. The van der Waals surface area contributed by atoms with Crippen LogP contribution in [0.15, 0.2) is 102 Å². The third-order valence-electron chi connectivity index (χ3n) is 5.76. The maximum atomic E-state index is 12.9. The summed E-state index contributed by atoms with van der Waals surface area (Å²) in [4.78, 5) is 35.9. The molecule has 2 aromatic carbocycles. The third kappa shape index (κ3) is 4.19. The number of amides is 1. The van der Waals surface area contributed by atoms with Gasteiger partial charge in [-0.3, -0.25) is 14.6 Å². The van der Waals surface area contributed by atoms with E-state index in [-0.39, 0.29) is 11.5 Å². The summed E-state index contributed by atoms with van der Waals surface area (Å²) in [6.45, 7) is 0.353. The first-order chi connectivity index (χ1) is 16.2. The summed E-state index contributed by atoms with van der Waals surface area (Å²) >= 11 is 0. The minimum atomic E-state index is -0.445. The van der Waals surface area contributed by atoms with Crippen LogP contribution in [-0.2, 0) is 0 Å². The van der Waals surface area contributed by atoms with Crippen molar-refractivity contribution in [3.63, 3.8) is 0 Å². The number of nitrogens with zero attached hydrogens (tertiary/aromatic N) is 1.